The Morgan fingerprint density at radius 3 is 2.69 bits per heavy atom. The third kappa shape index (κ3) is 4.54. The van der Waals surface area contributed by atoms with Crippen LogP contribution in [-0.2, 0) is 6.54 Å². The Hall–Kier alpha value is -1.66. The fourth-order valence-electron chi connectivity index (χ4n) is 3.44. The van der Waals surface area contributed by atoms with E-state index in [0.29, 0.717) is 35.7 Å². The van der Waals surface area contributed by atoms with Crippen LogP contribution in [0.25, 0.3) is 0 Å². The van der Waals surface area contributed by atoms with Crippen molar-refractivity contribution in [2.24, 2.45) is 0 Å². The smallest absolute Gasteiger partial charge is 0.317 e. The van der Waals surface area contributed by atoms with E-state index in [1.807, 2.05) is 4.90 Å². The highest BCUT2D eigenvalue weighted by Crippen LogP contribution is 2.31. The van der Waals surface area contributed by atoms with Crippen LogP contribution in [0.15, 0.2) is 18.2 Å². The number of likely N-dealkylation sites (tertiary alicyclic amines) is 1. The lowest BCUT2D eigenvalue weighted by Crippen LogP contribution is -2.55. The number of nitrogens with zero attached hydrogens (tertiary/aromatic N) is 2. The zero-order valence-electron chi connectivity index (χ0n) is 14.8. The van der Waals surface area contributed by atoms with E-state index >= 15 is 0 Å². The molecule has 142 valence electrons. The van der Waals surface area contributed by atoms with Crippen LogP contribution < -0.4 is 10.6 Å². The number of urea groups is 2. The van der Waals surface area contributed by atoms with E-state index in [1.165, 1.54) is 0 Å². The van der Waals surface area contributed by atoms with Gasteiger partial charge in [0, 0.05) is 42.8 Å². The SMILES string of the molecule is CNC(=O)N(C1CC1)[C@@H]1CCCN(C(=O)NCc2cc(Cl)ccc2Cl)C1. The van der Waals surface area contributed by atoms with Gasteiger partial charge in [0.15, 0.2) is 0 Å². The number of halogens is 2. The molecule has 1 aromatic rings. The molecule has 6 nitrogen and oxygen atoms in total. The number of rotatable bonds is 4. The summed E-state index contributed by atoms with van der Waals surface area (Å²) in [4.78, 5) is 28.5. The maximum atomic E-state index is 12.6. The van der Waals surface area contributed by atoms with Crippen LogP contribution in [0.4, 0.5) is 9.59 Å². The van der Waals surface area contributed by atoms with Crippen molar-refractivity contribution in [3.8, 4) is 0 Å². The number of piperidine rings is 1. The van der Waals surface area contributed by atoms with E-state index in [1.54, 1.807) is 30.1 Å². The molecule has 1 aliphatic heterocycles. The summed E-state index contributed by atoms with van der Waals surface area (Å²) in [6.45, 7) is 1.57. The molecule has 0 unspecified atom stereocenters. The van der Waals surface area contributed by atoms with Crippen molar-refractivity contribution in [2.75, 3.05) is 20.1 Å². The lowest BCUT2D eigenvalue weighted by molar-refractivity contribution is 0.116. The summed E-state index contributed by atoms with van der Waals surface area (Å²) in [6.07, 6.45) is 3.90. The van der Waals surface area contributed by atoms with Crippen LogP contribution in [0.3, 0.4) is 0 Å². The van der Waals surface area contributed by atoms with Crippen LogP contribution in [0.1, 0.15) is 31.2 Å². The minimum atomic E-state index is -0.140. The molecule has 0 radical (unpaired) electrons. The molecule has 1 saturated heterocycles. The summed E-state index contributed by atoms with van der Waals surface area (Å²) < 4.78 is 0. The van der Waals surface area contributed by atoms with Gasteiger partial charge in [-0.2, -0.15) is 0 Å². The van der Waals surface area contributed by atoms with Crippen molar-refractivity contribution >= 4 is 35.3 Å². The quantitative estimate of drug-likeness (QED) is 0.815. The van der Waals surface area contributed by atoms with Gasteiger partial charge in [0.25, 0.3) is 0 Å². The lowest BCUT2D eigenvalue weighted by atomic mass is 10.0. The summed E-state index contributed by atoms with van der Waals surface area (Å²) in [5, 5.41) is 6.80. The minimum Gasteiger partial charge on any atom is -0.341 e. The van der Waals surface area contributed by atoms with Gasteiger partial charge in [0.2, 0.25) is 0 Å². The zero-order chi connectivity index (χ0) is 18.7. The molecule has 8 heteroatoms. The number of carbonyl (C=O) groups is 2. The Morgan fingerprint density at radius 2 is 2.00 bits per heavy atom. The van der Waals surface area contributed by atoms with Gasteiger partial charge in [-0.1, -0.05) is 23.2 Å². The first-order chi connectivity index (χ1) is 12.5. The van der Waals surface area contributed by atoms with E-state index in [0.717, 1.165) is 31.2 Å². The van der Waals surface area contributed by atoms with Crippen LogP contribution in [0.2, 0.25) is 10.0 Å². The topological polar surface area (TPSA) is 64.7 Å². The van der Waals surface area contributed by atoms with Crippen molar-refractivity contribution in [1.82, 2.24) is 20.4 Å². The van der Waals surface area contributed by atoms with Crippen molar-refractivity contribution in [2.45, 2.75) is 44.3 Å². The Labute approximate surface area is 163 Å². The molecule has 0 aromatic heterocycles. The lowest BCUT2D eigenvalue weighted by Gasteiger charge is -2.39. The highest BCUT2D eigenvalue weighted by Gasteiger charge is 2.39. The van der Waals surface area contributed by atoms with Gasteiger partial charge in [-0.05, 0) is 49.4 Å². The second-order valence-electron chi connectivity index (χ2n) is 6.83. The summed E-state index contributed by atoms with van der Waals surface area (Å²) in [7, 11) is 1.65. The predicted octanol–water partition coefficient (Wildman–Crippen LogP) is 3.47. The van der Waals surface area contributed by atoms with Gasteiger partial charge in [0.05, 0.1) is 6.04 Å². The number of hydrogen-bond acceptors (Lipinski definition) is 2. The predicted molar refractivity (Wildman–Crippen MR) is 103 cm³/mol. The average molecular weight is 399 g/mol. The van der Waals surface area contributed by atoms with Gasteiger partial charge in [0.1, 0.15) is 0 Å². The van der Waals surface area contributed by atoms with Gasteiger partial charge in [-0.25, -0.2) is 9.59 Å². The number of amides is 4. The third-order valence-corrected chi connectivity index (χ3v) is 5.51. The van der Waals surface area contributed by atoms with E-state index in [4.69, 9.17) is 23.2 Å². The molecule has 2 fully saturated rings. The Morgan fingerprint density at radius 1 is 1.23 bits per heavy atom. The molecular formula is C18H24Cl2N4O2. The van der Waals surface area contributed by atoms with Crippen LogP contribution in [-0.4, -0.2) is 54.1 Å². The standard InChI is InChI=1S/C18H24Cl2N4O2/c1-21-17(25)24(14-5-6-14)15-3-2-8-23(11-15)18(26)22-10-12-9-13(19)4-7-16(12)20/h4,7,9,14-15H,2-3,5-6,8,10-11H2,1H3,(H,21,25)(H,22,26)/t15-/m1/s1. The Bertz CT molecular complexity index is 681. The summed E-state index contributed by atoms with van der Waals surface area (Å²) in [5.74, 6) is 0. The van der Waals surface area contributed by atoms with Crippen molar-refractivity contribution in [3.63, 3.8) is 0 Å². The van der Waals surface area contributed by atoms with Crippen LogP contribution in [0.5, 0.6) is 0 Å². The number of benzene rings is 1. The largest absolute Gasteiger partial charge is 0.341 e. The molecule has 1 saturated carbocycles. The molecule has 2 N–H and O–H groups in total. The molecule has 3 rings (SSSR count). The Balaban J connectivity index is 1.59. The maximum Gasteiger partial charge on any atom is 0.317 e. The van der Waals surface area contributed by atoms with E-state index < -0.39 is 0 Å². The van der Waals surface area contributed by atoms with Crippen molar-refractivity contribution < 1.29 is 9.59 Å². The molecule has 1 aliphatic carbocycles. The zero-order valence-corrected chi connectivity index (χ0v) is 16.3. The first kappa shape index (κ1) is 19.1. The minimum absolute atomic E-state index is 0.0505. The monoisotopic (exact) mass is 398 g/mol. The highest BCUT2D eigenvalue weighted by atomic mass is 35.5. The van der Waals surface area contributed by atoms with Crippen molar-refractivity contribution in [1.29, 1.82) is 0 Å². The second-order valence-corrected chi connectivity index (χ2v) is 7.67. The molecule has 1 atom stereocenters. The van der Waals surface area contributed by atoms with Gasteiger partial charge in [-0.15, -0.1) is 0 Å². The molecule has 1 heterocycles. The summed E-state index contributed by atoms with van der Waals surface area (Å²) >= 11 is 12.1. The molecule has 0 spiro atoms. The van der Waals surface area contributed by atoms with Crippen LogP contribution >= 0.6 is 23.2 Å². The molecule has 4 amide bonds. The van der Waals surface area contributed by atoms with Gasteiger partial charge in [-0.3, -0.25) is 0 Å². The molecular weight excluding hydrogens is 375 g/mol. The van der Waals surface area contributed by atoms with E-state index in [9.17, 15) is 9.59 Å². The van der Waals surface area contributed by atoms with Crippen LogP contribution in [0, 0.1) is 0 Å². The number of nitrogens with one attached hydrogen (secondary N) is 2. The molecule has 2 aliphatic rings. The van der Waals surface area contributed by atoms with Gasteiger partial charge >= 0.3 is 12.1 Å². The Kier molecular flexibility index (Phi) is 6.14. The first-order valence-corrected chi connectivity index (χ1v) is 9.72. The van der Waals surface area contributed by atoms with E-state index in [-0.39, 0.29) is 18.1 Å². The highest BCUT2D eigenvalue weighted by molar-refractivity contribution is 6.33. The summed E-state index contributed by atoms with van der Waals surface area (Å²) in [5.41, 5.74) is 0.783. The maximum absolute atomic E-state index is 12.6. The number of hydrogen-bond donors (Lipinski definition) is 2. The molecule has 26 heavy (non-hydrogen) atoms. The van der Waals surface area contributed by atoms with E-state index in [2.05, 4.69) is 10.6 Å². The third-order valence-electron chi connectivity index (χ3n) is 4.90. The normalized spacial score (nSPS) is 19.8. The molecule has 0 bridgehead atoms. The fourth-order valence-corrected chi connectivity index (χ4v) is 3.82. The first-order valence-electron chi connectivity index (χ1n) is 8.96. The average Bonchev–Trinajstić information content (AvgIpc) is 3.47. The fraction of sp³-hybridized carbons (Fsp3) is 0.556. The summed E-state index contributed by atoms with van der Waals surface area (Å²) in [6, 6.07) is 5.38. The molecule has 1 aromatic carbocycles. The van der Waals surface area contributed by atoms with Gasteiger partial charge < -0.3 is 20.4 Å². The van der Waals surface area contributed by atoms with Crippen molar-refractivity contribution in [3.05, 3.63) is 33.8 Å². The number of carbonyl (C=O) groups excluding carboxylic acids is 2. The second kappa shape index (κ2) is 8.35.